The molecule has 0 bridgehead atoms. The Labute approximate surface area is 139 Å². The first-order chi connectivity index (χ1) is 9.60. The number of nitrogen functional groups attached to an aromatic ring is 1. The highest BCUT2D eigenvalue weighted by molar-refractivity contribution is 7.15. The van der Waals surface area contributed by atoms with E-state index in [0.717, 1.165) is 17.8 Å². The molecule has 3 nitrogen and oxygen atoms in total. The molecule has 0 amide bonds. The first kappa shape index (κ1) is 18.2. The summed E-state index contributed by atoms with van der Waals surface area (Å²) in [5.74, 6) is -0.262. The van der Waals surface area contributed by atoms with E-state index >= 15 is 0 Å². The number of aromatic nitrogens is 1. The predicted octanol–water partition coefficient (Wildman–Crippen LogP) is 4.35. The zero-order chi connectivity index (χ0) is 14.5. The number of halogens is 3. The summed E-state index contributed by atoms with van der Waals surface area (Å²) in [6.45, 7) is 4.14. The van der Waals surface area contributed by atoms with Gasteiger partial charge in [-0.25, -0.2) is 9.37 Å². The second kappa shape index (κ2) is 8.54. The molecule has 0 aliphatic rings. The average Bonchev–Trinajstić information content (AvgIpc) is 2.80. The maximum absolute atomic E-state index is 13.9. The summed E-state index contributed by atoms with van der Waals surface area (Å²) < 4.78 is 13.9. The highest BCUT2D eigenvalue weighted by Crippen LogP contribution is 2.23. The van der Waals surface area contributed by atoms with E-state index in [4.69, 9.17) is 17.3 Å². The molecule has 0 saturated heterocycles. The van der Waals surface area contributed by atoms with E-state index in [-0.39, 0.29) is 18.2 Å². The number of hydrogen-bond acceptors (Lipinski definition) is 4. The van der Waals surface area contributed by atoms with Crippen LogP contribution in [0.2, 0.25) is 5.02 Å². The number of rotatable bonds is 6. The normalized spacial score (nSPS) is 10.7. The monoisotopic (exact) mass is 349 g/mol. The molecule has 0 atom stereocenters. The molecule has 2 aromatic rings. The van der Waals surface area contributed by atoms with Gasteiger partial charge >= 0.3 is 0 Å². The van der Waals surface area contributed by atoms with Crippen molar-refractivity contribution in [1.29, 1.82) is 0 Å². The van der Waals surface area contributed by atoms with E-state index in [1.165, 1.54) is 17.4 Å². The van der Waals surface area contributed by atoms with Crippen molar-refractivity contribution < 1.29 is 4.39 Å². The van der Waals surface area contributed by atoms with Gasteiger partial charge in [-0.1, -0.05) is 24.6 Å². The fraction of sp³-hybridized carbons (Fsp3) is 0.357. The fourth-order valence-electron chi connectivity index (χ4n) is 2.05. The minimum Gasteiger partial charge on any atom is -0.375 e. The van der Waals surface area contributed by atoms with Gasteiger partial charge in [0.1, 0.15) is 5.82 Å². The molecule has 0 unspecified atom stereocenters. The molecule has 1 aromatic heterocycles. The summed E-state index contributed by atoms with van der Waals surface area (Å²) in [7, 11) is 0. The Morgan fingerprint density at radius 3 is 2.71 bits per heavy atom. The van der Waals surface area contributed by atoms with E-state index in [1.54, 1.807) is 18.3 Å². The molecule has 1 heterocycles. The molecule has 0 aliphatic heterocycles. The van der Waals surface area contributed by atoms with Crippen LogP contribution in [0.4, 0.5) is 9.52 Å². The molecular weight excluding hydrogens is 332 g/mol. The summed E-state index contributed by atoms with van der Waals surface area (Å²) in [6, 6.07) is 4.78. The second-order valence-corrected chi connectivity index (χ2v) is 6.13. The van der Waals surface area contributed by atoms with Crippen molar-refractivity contribution in [2.75, 3.05) is 12.3 Å². The molecule has 2 rings (SSSR count). The molecule has 0 fully saturated rings. The molecule has 7 heteroatoms. The van der Waals surface area contributed by atoms with Crippen molar-refractivity contribution >= 4 is 40.5 Å². The maximum Gasteiger partial charge on any atom is 0.180 e. The zero-order valence-corrected chi connectivity index (χ0v) is 14.1. The molecule has 116 valence electrons. The molecule has 0 radical (unpaired) electrons. The van der Waals surface area contributed by atoms with Crippen molar-refractivity contribution in [1.82, 2.24) is 9.88 Å². The van der Waals surface area contributed by atoms with Gasteiger partial charge in [0.05, 0.1) is 0 Å². The number of anilines is 1. The van der Waals surface area contributed by atoms with Crippen molar-refractivity contribution in [2.24, 2.45) is 0 Å². The van der Waals surface area contributed by atoms with Crippen LogP contribution < -0.4 is 5.73 Å². The zero-order valence-electron chi connectivity index (χ0n) is 11.7. The standard InChI is InChI=1S/C14H17ClFN3S.ClH/c1-2-6-19(8-10-7-18-14(17)20-10)9-11-12(15)4-3-5-13(11)16;/h3-5,7H,2,6,8-9H2,1H3,(H2,17,18);1H. The van der Waals surface area contributed by atoms with E-state index in [0.29, 0.717) is 28.8 Å². The minimum atomic E-state index is -0.262. The summed E-state index contributed by atoms with van der Waals surface area (Å²) in [6.07, 6.45) is 2.76. The van der Waals surface area contributed by atoms with Crippen LogP contribution in [0.25, 0.3) is 0 Å². The summed E-state index contributed by atoms with van der Waals surface area (Å²) >= 11 is 7.54. The number of benzene rings is 1. The largest absolute Gasteiger partial charge is 0.375 e. The average molecular weight is 350 g/mol. The summed E-state index contributed by atoms with van der Waals surface area (Å²) in [5, 5.41) is 1.02. The molecule has 0 saturated carbocycles. The van der Waals surface area contributed by atoms with Crippen LogP contribution in [0.5, 0.6) is 0 Å². The predicted molar refractivity (Wildman–Crippen MR) is 89.6 cm³/mol. The lowest BCUT2D eigenvalue weighted by atomic mass is 10.2. The first-order valence-corrected chi connectivity index (χ1v) is 7.65. The van der Waals surface area contributed by atoms with Crippen LogP contribution in [0.1, 0.15) is 23.8 Å². The molecule has 1 aromatic carbocycles. The lowest BCUT2D eigenvalue weighted by Gasteiger charge is -2.21. The Balaban J connectivity index is 0.00000220. The first-order valence-electron chi connectivity index (χ1n) is 6.45. The lowest BCUT2D eigenvalue weighted by molar-refractivity contribution is 0.256. The van der Waals surface area contributed by atoms with Crippen molar-refractivity contribution in [2.45, 2.75) is 26.4 Å². The van der Waals surface area contributed by atoms with E-state index in [2.05, 4.69) is 16.8 Å². The number of hydrogen-bond donors (Lipinski definition) is 1. The van der Waals surface area contributed by atoms with Gasteiger partial charge in [-0.3, -0.25) is 4.90 Å². The van der Waals surface area contributed by atoms with Crippen LogP contribution in [0.3, 0.4) is 0 Å². The highest BCUT2D eigenvalue weighted by Gasteiger charge is 2.13. The van der Waals surface area contributed by atoms with E-state index < -0.39 is 0 Å². The van der Waals surface area contributed by atoms with E-state index in [1.807, 2.05) is 0 Å². The topological polar surface area (TPSA) is 42.2 Å². The third-order valence-corrected chi connectivity index (χ3v) is 4.10. The number of nitrogens with two attached hydrogens (primary N) is 1. The second-order valence-electron chi connectivity index (χ2n) is 4.58. The Kier molecular flexibility index (Phi) is 7.39. The van der Waals surface area contributed by atoms with Crippen LogP contribution in [-0.4, -0.2) is 16.4 Å². The van der Waals surface area contributed by atoms with Crippen molar-refractivity contribution in [3.05, 3.63) is 45.7 Å². The van der Waals surface area contributed by atoms with Gasteiger partial charge in [0.15, 0.2) is 5.13 Å². The Morgan fingerprint density at radius 1 is 1.38 bits per heavy atom. The summed E-state index contributed by atoms with van der Waals surface area (Å²) in [5.41, 5.74) is 6.18. The van der Waals surface area contributed by atoms with Gasteiger partial charge < -0.3 is 5.73 Å². The SMILES string of the molecule is CCCN(Cc1cnc(N)s1)Cc1c(F)cccc1Cl.Cl. The van der Waals surface area contributed by atoms with Gasteiger partial charge in [0.2, 0.25) is 0 Å². The van der Waals surface area contributed by atoms with Gasteiger partial charge in [0, 0.05) is 34.7 Å². The lowest BCUT2D eigenvalue weighted by Crippen LogP contribution is -2.24. The van der Waals surface area contributed by atoms with Crippen molar-refractivity contribution in [3.8, 4) is 0 Å². The molecular formula is C14H18Cl2FN3S. The van der Waals surface area contributed by atoms with Crippen LogP contribution in [-0.2, 0) is 13.1 Å². The quantitative estimate of drug-likeness (QED) is 0.842. The van der Waals surface area contributed by atoms with Gasteiger partial charge in [-0.15, -0.1) is 23.7 Å². The molecule has 0 aliphatic carbocycles. The van der Waals surface area contributed by atoms with Crippen molar-refractivity contribution in [3.63, 3.8) is 0 Å². The molecule has 0 spiro atoms. The summed E-state index contributed by atoms with van der Waals surface area (Å²) in [4.78, 5) is 7.26. The Morgan fingerprint density at radius 2 is 2.14 bits per heavy atom. The Bertz CT molecular complexity index is 557. The maximum atomic E-state index is 13.9. The van der Waals surface area contributed by atoms with Gasteiger partial charge in [-0.05, 0) is 25.1 Å². The molecule has 21 heavy (non-hydrogen) atoms. The smallest absolute Gasteiger partial charge is 0.180 e. The van der Waals surface area contributed by atoms with Gasteiger partial charge in [-0.2, -0.15) is 0 Å². The third-order valence-electron chi connectivity index (χ3n) is 2.93. The van der Waals surface area contributed by atoms with Gasteiger partial charge in [0.25, 0.3) is 0 Å². The van der Waals surface area contributed by atoms with E-state index in [9.17, 15) is 4.39 Å². The van der Waals surface area contributed by atoms with Crippen LogP contribution in [0, 0.1) is 5.82 Å². The fourth-order valence-corrected chi connectivity index (χ4v) is 3.00. The third kappa shape index (κ3) is 5.11. The Hall–Kier alpha value is -0.880. The number of nitrogens with zero attached hydrogens (tertiary/aromatic N) is 2. The number of thiazole rings is 1. The van der Waals surface area contributed by atoms with Crippen LogP contribution in [0.15, 0.2) is 24.4 Å². The highest BCUT2D eigenvalue weighted by atomic mass is 35.5. The minimum absolute atomic E-state index is 0. The van der Waals surface area contributed by atoms with Crippen LogP contribution >= 0.6 is 35.3 Å². The molecule has 2 N–H and O–H groups in total.